The first-order chi connectivity index (χ1) is 13.1. The number of amides is 2. The number of halogens is 3. The number of ketones is 1. The Balaban J connectivity index is 2.17. The van der Waals surface area contributed by atoms with Crippen molar-refractivity contribution in [2.45, 2.75) is 17.9 Å². The van der Waals surface area contributed by atoms with Crippen molar-refractivity contribution in [1.29, 1.82) is 0 Å². The molecule has 0 bridgehead atoms. The van der Waals surface area contributed by atoms with Gasteiger partial charge in [-0.25, -0.2) is 4.79 Å². The molecule has 1 fully saturated rings. The van der Waals surface area contributed by atoms with E-state index in [4.69, 9.17) is 4.74 Å². The normalized spacial score (nSPS) is 25.0. The van der Waals surface area contributed by atoms with Gasteiger partial charge in [-0.05, 0) is 29.1 Å². The Morgan fingerprint density at radius 1 is 1.32 bits per heavy atom. The number of alkyl halides is 3. The van der Waals surface area contributed by atoms with Gasteiger partial charge in [0, 0.05) is 0 Å². The molecule has 2 aromatic rings. The van der Waals surface area contributed by atoms with Crippen LogP contribution in [0.1, 0.15) is 21.3 Å². The number of benzene rings is 1. The molecule has 0 aliphatic carbocycles. The summed E-state index contributed by atoms with van der Waals surface area (Å²) in [7, 11) is 1.24. The third-order valence-electron chi connectivity index (χ3n) is 4.42. The van der Waals surface area contributed by atoms with Gasteiger partial charge in [-0.3, -0.25) is 4.79 Å². The van der Waals surface area contributed by atoms with Crippen LogP contribution >= 0.6 is 11.3 Å². The highest BCUT2D eigenvalue weighted by Crippen LogP contribution is 2.45. The van der Waals surface area contributed by atoms with Crippen LogP contribution in [0.5, 0.6) is 11.5 Å². The maximum Gasteiger partial charge on any atom is 0.437 e. The quantitative estimate of drug-likeness (QED) is 0.573. The number of phenols is 1. The predicted octanol–water partition coefficient (Wildman–Crippen LogP) is 2.57. The average Bonchev–Trinajstić information content (AvgIpc) is 3.15. The first-order valence-electron chi connectivity index (χ1n) is 7.91. The average molecular weight is 416 g/mol. The van der Waals surface area contributed by atoms with Gasteiger partial charge in [-0.15, -0.1) is 11.3 Å². The van der Waals surface area contributed by atoms with E-state index in [0.717, 1.165) is 17.4 Å². The largest absolute Gasteiger partial charge is 0.504 e. The van der Waals surface area contributed by atoms with Gasteiger partial charge < -0.3 is 25.6 Å². The number of aliphatic hydroxyl groups is 1. The number of ether oxygens (including phenoxy) is 1. The van der Waals surface area contributed by atoms with Crippen molar-refractivity contribution in [1.82, 2.24) is 10.6 Å². The third-order valence-corrected chi connectivity index (χ3v) is 5.30. The lowest BCUT2D eigenvalue weighted by Crippen LogP contribution is -2.72. The van der Waals surface area contributed by atoms with Crippen molar-refractivity contribution in [2.24, 2.45) is 5.92 Å². The molecule has 0 unspecified atom stereocenters. The number of aromatic hydroxyl groups is 1. The Bertz CT molecular complexity index is 903. The Labute approximate surface area is 160 Å². The van der Waals surface area contributed by atoms with Crippen LogP contribution in [0.2, 0.25) is 0 Å². The van der Waals surface area contributed by atoms with Crippen molar-refractivity contribution in [3.8, 4) is 11.5 Å². The minimum absolute atomic E-state index is 0.0126. The topological polar surface area (TPSA) is 108 Å². The zero-order valence-corrected chi connectivity index (χ0v) is 15.1. The van der Waals surface area contributed by atoms with Crippen LogP contribution in [-0.2, 0) is 0 Å². The van der Waals surface area contributed by atoms with E-state index < -0.39 is 35.7 Å². The van der Waals surface area contributed by atoms with E-state index in [9.17, 15) is 33.0 Å². The second-order valence-electron chi connectivity index (χ2n) is 6.09. The Morgan fingerprint density at radius 2 is 2.04 bits per heavy atom. The zero-order chi connectivity index (χ0) is 20.7. The molecule has 2 heterocycles. The Morgan fingerprint density at radius 3 is 2.61 bits per heavy atom. The number of rotatable bonds is 4. The zero-order valence-electron chi connectivity index (χ0n) is 14.3. The number of Topliss-reactive ketones (excluding diaryl/α,β-unsaturated/α-hetero) is 1. The van der Waals surface area contributed by atoms with Gasteiger partial charge >= 0.3 is 12.2 Å². The summed E-state index contributed by atoms with van der Waals surface area (Å²) in [5.74, 6) is -3.47. The maximum atomic E-state index is 13.7. The minimum atomic E-state index is -5.33. The number of hydrogen-bond acceptors (Lipinski definition) is 6. The van der Waals surface area contributed by atoms with Crippen LogP contribution in [0.15, 0.2) is 35.7 Å². The fourth-order valence-corrected chi connectivity index (χ4v) is 3.78. The number of methoxy groups -OCH3 is 1. The molecule has 2 amide bonds. The molecule has 150 valence electrons. The minimum Gasteiger partial charge on any atom is -0.504 e. The number of urea groups is 1. The second-order valence-corrected chi connectivity index (χ2v) is 7.04. The van der Waals surface area contributed by atoms with Crippen molar-refractivity contribution >= 4 is 23.2 Å². The molecular formula is C17H15F3N2O5S. The first kappa shape index (κ1) is 20.0. The van der Waals surface area contributed by atoms with Crippen LogP contribution < -0.4 is 15.4 Å². The van der Waals surface area contributed by atoms with E-state index in [-0.39, 0.29) is 21.9 Å². The van der Waals surface area contributed by atoms with Gasteiger partial charge in [0.25, 0.3) is 0 Å². The highest BCUT2D eigenvalue weighted by atomic mass is 32.1. The van der Waals surface area contributed by atoms with Crippen LogP contribution in [0, 0.1) is 5.92 Å². The van der Waals surface area contributed by atoms with E-state index in [0.29, 0.717) is 0 Å². The molecule has 0 radical (unpaired) electrons. The maximum absolute atomic E-state index is 13.7. The van der Waals surface area contributed by atoms with Crippen molar-refractivity contribution < 1.29 is 37.7 Å². The second kappa shape index (κ2) is 6.99. The van der Waals surface area contributed by atoms with Crippen LogP contribution in [0.3, 0.4) is 0 Å². The van der Waals surface area contributed by atoms with Crippen LogP contribution in [0.25, 0.3) is 0 Å². The number of carbonyl (C=O) groups is 2. The molecule has 4 N–H and O–H groups in total. The Kier molecular flexibility index (Phi) is 4.98. The summed E-state index contributed by atoms with van der Waals surface area (Å²) in [5.41, 5.74) is -3.76. The molecule has 1 aliphatic heterocycles. The first-order valence-corrected chi connectivity index (χ1v) is 8.79. The van der Waals surface area contributed by atoms with Gasteiger partial charge in [0.05, 0.1) is 18.0 Å². The van der Waals surface area contributed by atoms with Gasteiger partial charge in [0.1, 0.15) is 5.92 Å². The number of hydrogen-bond donors (Lipinski definition) is 4. The van der Waals surface area contributed by atoms with Crippen molar-refractivity contribution in [3.05, 3.63) is 46.2 Å². The molecule has 0 spiro atoms. The van der Waals surface area contributed by atoms with Crippen molar-refractivity contribution in [2.75, 3.05) is 7.11 Å². The number of thiophene rings is 1. The SMILES string of the molecule is COc1cc([C@@H]2NC(=O)N[C@@](O)(C(F)(F)F)[C@H]2C(=O)c2cccs2)ccc1O. The fraction of sp³-hybridized carbons (Fsp3) is 0.294. The molecule has 11 heteroatoms. The third kappa shape index (κ3) is 3.27. The summed E-state index contributed by atoms with van der Waals surface area (Å²) >= 11 is 0.911. The molecule has 28 heavy (non-hydrogen) atoms. The predicted molar refractivity (Wildman–Crippen MR) is 92.2 cm³/mol. The number of nitrogens with one attached hydrogen (secondary N) is 2. The van der Waals surface area contributed by atoms with Gasteiger partial charge in [0.2, 0.25) is 5.72 Å². The lowest BCUT2D eigenvalue weighted by atomic mass is 9.78. The van der Waals surface area contributed by atoms with Gasteiger partial charge in [0.15, 0.2) is 17.3 Å². The summed E-state index contributed by atoms with van der Waals surface area (Å²) in [6, 6.07) is 3.56. The van der Waals surface area contributed by atoms with E-state index in [1.807, 2.05) is 0 Å². The summed E-state index contributed by atoms with van der Waals surface area (Å²) in [4.78, 5) is 24.8. The lowest BCUT2D eigenvalue weighted by molar-refractivity contribution is -0.287. The molecule has 3 atom stereocenters. The van der Waals surface area contributed by atoms with Crippen LogP contribution in [0.4, 0.5) is 18.0 Å². The summed E-state index contributed by atoms with van der Waals surface area (Å²) < 4.78 is 46.2. The molecule has 0 saturated carbocycles. The van der Waals surface area contributed by atoms with E-state index in [1.54, 1.807) is 0 Å². The van der Waals surface area contributed by atoms with E-state index in [1.165, 1.54) is 42.1 Å². The smallest absolute Gasteiger partial charge is 0.437 e. The molecule has 1 saturated heterocycles. The standard InChI is InChI=1S/C17H15F3N2O5S/c1-27-10-7-8(4-5-9(10)23)13-12(14(24)11-3-2-6-28-11)16(26,17(18,19)20)22-15(25)21-13/h2-7,12-13,23,26H,1H3,(H2,21,22,25)/t12-,13+,16+/m1/s1. The molecule has 7 nitrogen and oxygen atoms in total. The monoisotopic (exact) mass is 416 g/mol. The highest BCUT2D eigenvalue weighted by Gasteiger charge is 2.66. The Hall–Kier alpha value is -2.79. The van der Waals surface area contributed by atoms with Crippen molar-refractivity contribution in [3.63, 3.8) is 0 Å². The highest BCUT2D eigenvalue weighted by molar-refractivity contribution is 7.12. The molecule has 1 aliphatic rings. The lowest BCUT2D eigenvalue weighted by Gasteiger charge is -2.44. The number of phenolic OH excluding ortho intramolecular Hbond substituents is 1. The molecule has 1 aromatic heterocycles. The summed E-state index contributed by atoms with van der Waals surface area (Å²) in [6.07, 6.45) is -5.33. The fourth-order valence-electron chi connectivity index (χ4n) is 3.08. The molecule has 3 rings (SSSR count). The van der Waals surface area contributed by atoms with E-state index in [2.05, 4.69) is 5.32 Å². The van der Waals surface area contributed by atoms with E-state index >= 15 is 0 Å². The van der Waals surface area contributed by atoms with Crippen LogP contribution in [-0.4, -0.2) is 41.0 Å². The molecular weight excluding hydrogens is 401 g/mol. The van der Waals surface area contributed by atoms with Gasteiger partial charge in [-0.2, -0.15) is 13.2 Å². The summed E-state index contributed by atoms with van der Waals surface area (Å²) in [5, 5.41) is 25.4. The summed E-state index contributed by atoms with van der Waals surface area (Å²) in [6.45, 7) is 0. The molecule has 1 aromatic carbocycles. The number of carbonyl (C=O) groups excluding carboxylic acids is 2. The van der Waals surface area contributed by atoms with Gasteiger partial charge in [-0.1, -0.05) is 12.1 Å².